The number of hydrogen-bond acceptors (Lipinski definition) is 3. The van der Waals surface area contributed by atoms with Crippen LogP contribution in [0, 0.1) is 0 Å². The summed E-state index contributed by atoms with van der Waals surface area (Å²) in [6.07, 6.45) is 1.09. The van der Waals surface area contributed by atoms with Gasteiger partial charge >= 0.3 is 0 Å². The second-order valence-corrected chi connectivity index (χ2v) is 7.47. The summed E-state index contributed by atoms with van der Waals surface area (Å²) in [6.45, 7) is 3.73. The van der Waals surface area contributed by atoms with Crippen LogP contribution in [0.2, 0.25) is 0 Å². The van der Waals surface area contributed by atoms with E-state index in [0.717, 1.165) is 16.8 Å². The molecule has 2 nitrogen and oxygen atoms in total. The molecule has 1 heterocycles. The molecule has 108 valence electrons. The molecule has 1 aromatic carbocycles. The van der Waals surface area contributed by atoms with Crippen LogP contribution in [0.5, 0.6) is 0 Å². The number of hydrogen-bond donors (Lipinski definition) is 1. The standard InChI is InChI=1S/C16H21BrN2S/c1-3-12-4-6-13(7-5-12)11-19(2)14(10-18)15-8-9-16(17)20-15/h4-9,14H,3,10-11,18H2,1-2H3. The predicted molar refractivity (Wildman–Crippen MR) is 91.1 cm³/mol. The van der Waals surface area contributed by atoms with Crippen LogP contribution < -0.4 is 5.73 Å². The summed E-state index contributed by atoms with van der Waals surface area (Å²) in [6, 6.07) is 13.4. The zero-order valence-corrected chi connectivity index (χ0v) is 14.4. The SMILES string of the molecule is CCc1ccc(CN(C)C(CN)c2ccc(Br)s2)cc1. The van der Waals surface area contributed by atoms with E-state index in [1.54, 1.807) is 11.3 Å². The summed E-state index contributed by atoms with van der Waals surface area (Å²) in [4.78, 5) is 3.63. The third-order valence-corrected chi connectivity index (χ3v) is 5.27. The van der Waals surface area contributed by atoms with Crippen molar-refractivity contribution in [2.45, 2.75) is 25.9 Å². The van der Waals surface area contributed by atoms with Crippen LogP contribution in [0.15, 0.2) is 40.2 Å². The van der Waals surface area contributed by atoms with Crippen LogP contribution >= 0.6 is 27.3 Å². The number of aryl methyl sites for hydroxylation is 1. The van der Waals surface area contributed by atoms with E-state index in [0.29, 0.717) is 6.54 Å². The molecule has 0 bridgehead atoms. The molecule has 0 radical (unpaired) electrons. The maximum absolute atomic E-state index is 5.96. The van der Waals surface area contributed by atoms with Gasteiger partial charge in [-0.2, -0.15) is 0 Å². The van der Waals surface area contributed by atoms with Crippen LogP contribution in [-0.2, 0) is 13.0 Å². The Morgan fingerprint density at radius 1 is 1.15 bits per heavy atom. The molecule has 1 unspecified atom stereocenters. The van der Waals surface area contributed by atoms with E-state index < -0.39 is 0 Å². The second-order valence-electron chi connectivity index (χ2n) is 4.98. The van der Waals surface area contributed by atoms with Crippen LogP contribution in [0.25, 0.3) is 0 Å². The molecule has 0 spiro atoms. The molecule has 4 heteroatoms. The van der Waals surface area contributed by atoms with Crippen molar-refractivity contribution >= 4 is 27.3 Å². The lowest BCUT2D eigenvalue weighted by Gasteiger charge is -2.26. The van der Waals surface area contributed by atoms with Gasteiger partial charge in [-0.05, 0) is 52.7 Å². The van der Waals surface area contributed by atoms with Crippen molar-refractivity contribution < 1.29 is 0 Å². The Hall–Kier alpha value is -0.680. The molecule has 0 saturated heterocycles. The second kappa shape index (κ2) is 7.36. The molecular weight excluding hydrogens is 332 g/mol. The summed E-state index contributed by atoms with van der Waals surface area (Å²) in [5, 5.41) is 0. The van der Waals surface area contributed by atoms with Crippen molar-refractivity contribution in [3.8, 4) is 0 Å². The fraction of sp³-hybridized carbons (Fsp3) is 0.375. The monoisotopic (exact) mass is 352 g/mol. The van der Waals surface area contributed by atoms with Gasteiger partial charge in [-0.15, -0.1) is 11.3 Å². The minimum absolute atomic E-state index is 0.275. The van der Waals surface area contributed by atoms with Crippen LogP contribution in [0.1, 0.15) is 29.0 Å². The summed E-state index contributed by atoms with van der Waals surface area (Å²) in [7, 11) is 2.14. The Balaban J connectivity index is 2.06. The first-order valence-corrected chi connectivity index (χ1v) is 8.48. The summed E-state index contributed by atoms with van der Waals surface area (Å²) >= 11 is 5.28. The molecule has 2 aromatic rings. The third kappa shape index (κ3) is 3.92. The van der Waals surface area contributed by atoms with Crippen LogP contribution in [0.3, 0.4) is 0 Å². The van der Waals surface area contributed by atoms with Crippen LogP contribution in [0.4, 0.5) is 0 Å². The van der Waals surface area contributed by atoms with Crippen molar-refractivity contribution in [2.24, 2.45) is 5.73 Å². The zero-order chi connectivity index (χ0) is 14.5. The van der Waals surface area contributed by atoms with Gasteiger partial charge in [0.15, 0.2) is 0 Å². The summed E-state index contributed by atoms with van der Waals surface area (Å²) in [5.74, 6) is 0. The highest BCUT2D eigenvalue weighted by atomic mass is 79.9. The molecule has 0 aliphatic rings. The van der Waals surface area contributed by atoms with E-state index in [1.807, 2.05) is 0 Å². The van der Waals surface area contributed by atoms with E-state index in [9.17, 15) is 0 Å². The third-order valence-electron chi connectivity index (χ3n) is 3.54. The number of likely N-dealkylation sites (N-methyl/N-ethyl adjacent to an activating group) is 1. The summed E-state index contributed by atoms with van der Waals surface area (Å²) in [5.41, 5.74) is 8.68. The van der Waals surface area contributed by atoms with Gasteiger partial charge in [-0.1, -0.05) is 31.2 Å². The molecule has 1 atom stereocenters. The fourth-order valence-corrected chi connectivity index (χ4v) is 3.90. The van der Waals surface area contributed by atoms with Gasteiger partial charge in [0.2, 0.25) is 0 Å². The van der Waals surface area contributed by atoms with Gasteiger partial charge in [0.05, 0.1) is 9.83 Å². The van der Waals surface area contributed by atoms with Crippen LogP contribution in [-0.4, -0.2) is 18.5 Å². The quantitative estimate of drug-likeness (QED) is 0.843. The van der Waals surface area contributed by atoms with Crippen molar-refractivity contribution in [1.82, 2.24) is 4.90 Å². The van der Waals surface area contributed by atoms with Gasteiger partial charge in [0, 0.05) is 18.0 Å². The maximum Gasteiger partial charge on any atom is 0.0702 e. The first kappa shape index (κ1) is 15.7. The molecule has 0 fully saturated rings. The highest BCUT2D eigenvalue weighted by Gasteiger charge is 2.17. The maximum atomic E-state index is 5.96. The average Bonchev–Trinajstić information content (AvgIpc) is 2.87. The number of benzene rings is 1. The lowest BCUT2D eigenvalue weighted by atomic mass is 10.1. The van der Waals surface area contributed by atoms with Crippen molar-refractivity contribution in [1.29, 1.82) is 0 Å². The molecule has 0 saturated carbocycles. The lowest BCUT2D eigenvalue weighted by molar-refractivity contribution is 0.245. The topological polar surface area (TPSA) is 29.3 Å². The van der Waals surface area contributed by atoms with E-state index in [2.05, 4.69) is 71.2 Å². The Morgan fingerprint density at radius 3 is 2.30 bits per heavy atom. The highest BCUT2D eigenvalue weighted by molar-refractivity contribution is 9.11. The van der Waals surface area contributed by atoms with Gasteiger partial charge in [-0.25, -0.2) is 0 Å². The predicted octanol–water partition coefficient (Wildman–Crippen LogP) is 4.20. The Bertz CT molecular complexity index is 536. The van der Waals surface area contributed by atoms with E-state index in [-0.39, 0.29) is 6.04 Å². The van der Waals surface area contributed by atoms with E-state index in [1.165, 1.54) is 16.0 Å². The molecule has 0 amide bonds. The number of rotatable bonds is 6. The number of nitrogens with zero attached hydrogens (tertiary/aromatic N) is 1. The number of thiophene rings is 1. The smallest absolute Gasteiger partial charge is 0.0702 e. The van der Waals surface area contributed by atoms with E-state index >= 15 is 0 Å². The molecular formula is C16H21BrN2S. The average molecular weight is 353 g/mol. The first-order chi connectivity index (χ1) is 9.63. The number of halogens is 1. The molecule has 2 rings (SSSR count). The molecule has 20 heavy (non-hydrogen) atoms. The Labute approximate surface area is 133 Å². The molecule has 2 N–H and O–H groups in total. The molecule has 1 aromatic heterocycles. The summed E-state index contributed by atoms with van der Waals surface area (Å²) < 4.78 is 1.16. The Morgan fingerprint density at radius 2 is 1.80 bits per heavy atom. The van der Waals surface area contributed by atoms with Crippen molar-refractivity contribution in [3.05, 3.63) is 56.2 Å². The zero-order valence-electron chi connectivity index (χ0n) is 12.0. The van der Waals surface area contributed by atoms with Gasteiger partial charge in [0.25, 0.3) is 0 Å². The van der Waals surface area contributed by atoms with Gasteiger partial charge < -0.3 is 5.73 Å². The van der Waals surface area contributed by atoms with Gasteiger partial charge in [0.1, 0.15) is 0 Å². The minimum Gasteiger partial charge on any atom is -0.329 e. The highest BCUT2D eigenvalue weighted by Crippen LogP contribution is 2.30. The Kier molecular flexibility index (Phi) is 5.78. The molecule has 0 aliphatic heterocycles. The van der Waals surface area contributed by atoms with Crippen molar-refractivity contribution in [3.63, 3.8) is 0 Å². The fourth-order valence-electron chi connectivity index (χ4n) is 2.30. The normalized spacial score (nSPS) is 12.8. The van der Waals surface area contributed by atoms with Gasteiger partial charge in [-0.3, -0.25) is 4.90 Å². The lowest BCUT2D eigenvalue weighted by Crippen LogP contribution is -2.29. The minimum atomic E-state index is 0.275. The number of nitrogens with two attached hydrogens (primary N) is 1. The largest absolute Gasteiger partial charge is 0.329 e. The first-order valence-electron chi connectivity index (χ1n) is 6.87. The molecule has 0 aliphatic carbocycles. The van der Waals surface area contributed by atoms with Crippen molar-refractivity contribution in [2.75, 3.05) is 13.6 Å². The van der Waals surface area contributed by atoms with E-state index in [4.69, 9.17) is 5.73 Å².